The molecule has 1 aliphatic rings. The van der Waals surface area contributed by atoms with Crippen LogP contribution in [-0.4, -0.2) is 48.0 Å². The second-order valence-electron chi connectivity index (χ2n) is 5.13. The zero-order valence-corrected chi connectivity index (χ0v) is 12.1. The molecule has 112 valence electrons. The summed E-state index contributed by atoms with van der Waals surface area (Å²) in [6.07, 6.45) is 0. The fourth-order valence-corrected chi connectivity index (χ4v) is 2.45. The summed E-state index contributed by atoms with van der Waals surface area (Å²) in [7, 11) is 1.44. The number of hydrogen-bond acceptors (Lipinski definition) is 5. The first-order valence-corrected chi connectivity index (χ1v) is 6.92. The van der Waals surface area contributed by atoms with Crippen molar-refractivity contribution >= 4 is 5.95 Å². The minimum atomic E-state index is -0.413. The first-order valence-electron chi connectivity index (χ1n) is 6.92. The van der Waals surface area contributed by atoms with Crippen molar-refractivity contribution in [1.29, 1.82) is 0 Å². The lowest BCUT2D eigenvalue weighted by Crippen LogP contribution is -2.49. The number of rotatable bonds is 3. The molecule has 0 spiro atoms. The Hall–Kier alpha value is -2.15. The van der Waals surface area contributed by atoms with E-state index < -0.39 is 5.82 Å². The van der Waals surface area contributed by atoms with E-state index in [2.05, 4.69) is 32.3 Å². The molecule has 0 radical (unpaired) electrons. The average molecular weight is 291 g/mol. The Bertz CT molecular complexity index is 630. The zero-order chi connectivity index (χ0) is 14.8. The van der Waals surface area contributed by atoms with Crippen LogP contribution in [0.4, 0.5) is 10.3 Å². The maximum atomic E-state index is 13.7. The number of methoxy groups -OCH3 is 1. The number of anilines is 1. The van der Waals surface area contributed by atoms with E-state index in [1.54, 1.807) is 12.1 Å². The number of piperazine rings is 1. The summed E-state index contributed by atoms with van der Waals surface area (Å²) in [4.78, 5) is 6.57. The summed E-state index contributed by atoms with van der Waals surface area (Å²) in [6.45, 7) is 4.74. The predicted molar refractivity (Wildman–Crippen MR) is 78.0 cm³/mol. The number of nitrogens with one attached hydrogen (secondary N) is 2. The van der Waals surface area contributed by atoms with Gasteiger partial charge in [0.2, 0.25) is 5.95 Å². The van der Waals surface area contributed by atoms with Crippen LogP contribution in [0.3, 0.4) is 0 Å². The van der Waals surface area contributed by atoms with Gasteiger partial charge in [0.25, 0.3) is 0 Å². The molecule has 1 saturated heterocycles. The summed E-state index contributed by atoms with van der Waals surface area (Å²) in [5.74, 6) is 1.01. The molecule has 2 heterocycles. The van der Waals surface area contributed by atoms with Crippen LogP contribution in [0.5, 0.6) is 5.75 Å². The van der Waals surface area contributed by atoms with Crippen molar-refractivity contribution < 1.29 is 9.13 Å². The molecule has 0 aliphatic carbocycles. The highest BCUT2D eigenvalue weighted by Gasteiger charge is 2.19. The Balaban J connectivity index is 1.82. The van der Waals surface area contributed by atoms with E-state index >= 15 is 0 Å². The van der Waals surface area contributed by atoms with Gasteiger partial charge in [-0.05, 0) is 25.1 Å². The molecule has 3 rings (SSSR count). The van der Waals surface area contributed by atoms with Crippen LogP contribution in [0.1, 0.15) is 6.92 Å². The number of nitrogens with zero attached hydrogens (tertiary/aromatic N) is 3. The Labute approximate surface area is 122 Å². The molecule has 0 unspecified atom stereocenters. The third-order valence-electron chi connectivity index (χ3n) is 3.55. The number of aromatic amines is 1. The van der Waals surface area contributed by atoms with Gasteiger partial charge in [-0.2, -0.15) is 4.98 Å². The summed E-state index contributed by atoms with van der Waals surface area (Å²) >= 11 is 0. The number of benzene rings is 1. The molecular formula is C14H18FN5O. The first kappa shape index (κ1) is 13.8. The molecule has 1 fully saturated rings. The van der Waals surface area contributed by atoms with Gasteiger partial charge in [-0.3, -0.25) is 5.10 Å². The second-order valence-corrected chi connectivity index (χ2v) is 5.13. The van der Waals surface area contributed by atoms with Gasteiger partial charge in [0, 0.05) is 31.2 Å². The average Bonchev–Trinajstić information content (AvgIpc) is 2.97. The monoisotopic (exact) mass is 291 g/mol. The van der Waals surface area contributed by atoms with Gasteiger partial charge < -0.3 is 15.0 Å². The molecule has 0 saturated carbocycles. The van der Waals surface area contributed by atoms with E-state index in [1.807, 2.05) is 0 Å². The van der Waals surface area contributed by atoms with Crippen LogP contribution in [0.2, 0.25) is 0 Å². The van der Waals surface area contributed by atoms with E-state index in [0.717, 1.165) is 19.6 Å². The molecule has 6 nitrogen and oxygen atoms in total. The van der Waals surface area contributed by atoms with Gasteiger partial charge in [0.1, 0.15) is 0 Å². The molecule has 1 atom stereocenters. The normalized spacial score (nSPS) is 18.8. The molecule has 1 aromatic carbocycles. The first-order chi connectivity index (χ1) is 10.2. The van der Waals surface area contributed by atoms with Gasteiger partial charge in [-0.1, -0.05) is 0 Å². The third kappa shape index (κ3) is 2.82. The summed E-state index contributed by atoms with van der Waals surface area (Å²) < 4.78 is 18.7. The highest BCUT2D eigenvalue weighted by Crippen LogP contribution is 2.24. The van der Waals surface area contributed by atoms with Crippen LogP contribution >= 0.6 is 0 Å². The number of H-pyrrole nitrogens is 1. The van der Waals surface area contributed by atoms with Crippen molar-refractivity contribution in [3.63, 3.8) is 0 Å². The third-order valence-corrected chi connectivity index (χ3v) is 3.55. The lowest BCUT2D eigenvalue weighted by molar-refractivity contribution is 0.386. The number of halogens is 1. The fourth-order valence-electron chi connectivity index (χ4n) is 2.45. The standard InChI is InChI=1S/C14H18FN5O/c1-9-8-20(6-5-16-9)14-17-13(18-19-14)10-3-4-12(21-2)11(15)7-10/h3-4,7,9,16H,5-6,8H2,1-2H3,(H,17,18,19)/t9-/m1/s1. The van der Waals surface area contributed by atoms with E-state index in [4.69, 9.17) is 4.74 Å². The van der Waals surface area contributed by atoms with E-state index in [-0.39, 0.29) is 5.75 Å². The number of aromatic nitrogens is 3. The molecule has 0 bridgehead atoms. The topological polar surface area (TPSA) is 66.1 Å². The summed E-state index contributed by atoms with van der Waals surface area (Å²) in [5.41, 5.74) is 0.648. The minimum Gasteiger partial charge on any atom is -0.494 e. The largest absolute Gasteiger partial charge is 0.494 e. The van der Waals surface area contributed by atoms with Crippen molar-refractivity contribution in [2.45, 2.75) is 13.0 Å². The highest BCUT2D eigenvalue weighted by atomic mass is 19.1. The number of ether oxygens (including phenoxy) is 1. The van der Waals surface area contributed by atoms with Crippen LogP contribution in [0.15, 0.2) is 18.2 Å². The molecule has 0 amide bonds. The van der Waals surface area contributed by atoms with Gasteiger partial charge in [-0.15, -0.1) is 5.10 Å². The van der Waals surface area contributed by atoms with Crippen LogP contribution in [-0.2, 0) is 0 Å². The van der Waals surface area contributed by atoms with E-state index in [9.17, 15) is 4.39 Å². The van der Waals surface area contributed by atoms with Crippen molar-refractivity contribution in [3.8, 4) is 17.1 Å². The quantitative estimate of drug-likeness (QED) is 0.895. The molecule has 1 aromatic heterocycles. The lowest BCUT2D eigenvalue weighted by Gasteiger charge is -2.30. The van der Waals surface area contributed by atoms with Gasteiger partial charge in [0.15, 0.2) is 17.4 Å². The van der Waals surface area contributed by atoms with Gasteiger partial charge in [-0.25, -0.2) is 4.39 Å². The van der Waals surface area contributed by atoms with Crippen LogP contribution in [0, 0.1) is 5.82 Å². The Morgan fingerprint density at radius 2 is 2.29 bits per heavy atom. The zero-order valence-electron chi connectivity index (χ0n) is 12.1. The summed E-state index contributed by atoms with van der Waals surface area (Å²) in [5, 5.41) is 10.5. The van der Waals surface area contributed by atoms with Crippen LogP contribution in [0.25, 0.3) is 11.4 Å². The molecular weight excluding hydrogens is 273 g/mol. The smallest absolute Gasteiger partial charge is 0.245 e. The second kappa shape index (κ2) is 5.69. The molecule has 2 aromatic rings. The SMILES string of the molecule is COc1ccc(-c2nc(N3CCN[C@H](C)C3)n[nH]2)cc1F. The molecule has 7 heteroatoms. The van der Waals surface area contributed by atoms with Crippen molar-refractivity contribution in [2.75, 3.05) is 31.6 Å². The summed E-state index contributed by atoms with van der Waals surface area (Å²) in [6, 6.07) is 5.13. The Morgan fingerprint density at radius 3 is 3.00 bits per heavy atom. The minimum absolute atomic E-state index is 0.217. The van der Waals surface area contributed by atoms with Gasteiger partial charge >= 0.3 is 0 Å². The maximum absolute atomic E-state index is 13.7. The van der Waals surface area contributed by atoms with Crippen LogP contribution < -0.4 is 15.0 Å². The lowest BCUT2D eigenvalue weighted by atomic mass is 10.2. The maximum Gasteiger partial charge on any atom is 0.245 e. The predicted octanol–water partition coefficient (Wildman–Crippen LogP) is 1.42. The van der Waals surface area contributed by atoms with Crippen molar-refractivity contribution in [3.05, 3.63) is 24.0 Å². The molecule has 2 N–H and O–H groups in total. The highest BCUT2D eigenvalue weighted by molar-refractivity contribution is 5.58. The van der Waals surface area contributed by atoms with Crippen molar-refractivity contribution in [1.82, 2.24) is 20.5 Å². The molecule has 21 heavy (non-hydrogen) atoms. The van der Waals surface area contributed by atoms with Gasteiger partial charge in [0.05, 0.1) is 7.11 Å². The van der Waals surface area contributed by atoms with E-state index in [1.165, 1.54) is 13.2 Å². The number of hydrogen-bond donors (Lipinski definition) is 2. The van der Waals surface area contributed by atoms with E-state index in [0.29, 0.717) is 23.4 Å². The van der Waals surface area contributed by atoms with Crippen molar-refractivity contribution in [2.24, 2.45) is 0 Å². The molecule has 1 aliphatic heterocycles. The Kier molecular flexibility index (Phi) is 3.74. The Morgan fingerprint density at radius 1 is 1.43 bits per heavy atom. The fraction of sp³-hybridized carbons (Fsp3) is 0.429.